The standard InChI is InChI=1S/C23H27NO3/c1-15(25)18-20(21(26)23(2,3)4)24(22(18)27)19(16-11-7-5-8-12-16)17-13-9-6-10-14-17/h5-15,18-20,25H,1-4H3/t15-,18-,20+/m1/s1. The van der Waals surface area contributed by atoms with Crippen LogP contribution < -0.4 is 0 Å². The molecule has 1 aliphatic rings. The summed E-state index contributed by atoms with van der Waals surface area (Å²) in [6.07, 6.45) is -0.864. The number of aliphatic hydroxyl groups is 1. The van der Waals surface area contributed by atoms with E-state index >= 15 is 0 Å². The van der Waals surface area contributed by atoms with Gasteiger partial charge in [0.25, 0.3) is 0 Å². The van der Waals surface area contributed by atoms with Crippen LogP contribution in [0, 0.1) is 11.3 Å². The van der Waals surface area contributed by atoms with Gasteiger partial charge >= 0.3 is 0 Å². The van der Waals surface area contributed by atoms with Crippen molar-refractivity contribution in [3.8, 4) is 0 Å². The van der Waals surface area contributed by atoms with Crippen LogP contribution in [0.3, 0.4) is 0 Å². The van der Waals surface area contributed by atoms with Gasteiger partial charge in [-0.25, -0.2) is 0 Å². The van der Waals surface area contributed by atoms with Crippen LogP contribution in [0.2, 0.25) is 0 Å². The first-order chi connectivity index (χ1) is 12.7. The van der Waals surface area contributed by atoms with Gasteiger partial charge in [-0.15, -0.1) is 0 Å². The van der Waals surface area contributed by atoms with Crippen LogP contribution in [0.15, 0.2) is 60.7 Å². The summed E-state index contributed by atoms with van der Waals surface area (Å²) < 4.78 is 0. The Morgan fingerprint density at radius 1 is 0.963 bits per heavy atom. The highest BCUT2D eigenvalue weighted by atomic mass is 16.3. The van der Waals surface area contributed by atoms with Crippen molar-refractivity contribution in [1.29, 1.82) is 0 Å². The molecule has 0 saturated carbocycles. The monoisotopic (exact) mass is 365 g/mol. The number of hydrogen-bond donors (Lipinski definition) is 1. The lowest BCUT2D eigenvalue weighted by atomic mass is 9.72. The fourth-order valence-corrected chi connectivity index (χ4v) is 3.81. The Bertz CT molecular complexity index is 769. The summed E-state index contributed by atoms with van der Waals surface area (Å²) in [6.45, 7) is 7.16. The molecule has 2 aromatic carbocycles. The van der Waals surface area contributed by atoms with E-state index in [9.17, 15) is 14.7 Å². The molecule has 27 heavy (non-hydrogen) atoms. The maximum Gasteiger partial charge on any atom is 0.232 e. The molecular weight excluding hydrogens is 338 g/mol. The molecule has 0 unspecified atom stereocenters. The van der Waals surface area contributed by atoms with Crippen LogP contribution in [0.25, 0.3) is 0 Å². The number of rotatable bonds is 5. The summed E-state index contributed by atoms with van der Waals surface area (Å²) in [5.74, 6) is -0.887. The van der Waals surface area contributed by atoms with Gasteiger partial charge in [-0.3, -0.25) is 9.59 Å². The molecule has 142 valence electrons. The average Bonchev–Trinajstić information content (AvgIpc) is 2.63. The minimum Gasteiger partial charge on any atom is -0.392 e. The SMILES string of the molecule is C[C@@H](O)[C@H]1C(=O)N(C(c2ccccc2)c2ccccc2)[C@@H]1C(=O)C(C)(C)C. The second-order valence-corrected chi connectivity index (χ2v) is 8.29. The van der Waals surface area contributed by atoms with Gasteiger partial charge < -0.3 is 10.0 Å². The molecule has 0 radical (unpaired) electrons. The largest absolute Gasteiger partial charge is 0.392 e. The van der Waals surface area contributed by atoms with E-state index in [-0.39, 0.29) is 17.7 Å². The summed E-state index contributed by atoms with van der Waals surface area (Å²) in [5, 5.41) is 10.2. The van der Waals surface area contributed by atoms with Gasteiger partial charge in [-0.05, 0) is 18.1 Å². The van der Waals surface area contributed by atoms with Crippen molar-refractivity contribution in [2.24, 2.45) is 11.3 Å². The lowest BCUT2D eigenvalue weighted by Gasteiger charge is -2.52. The molecule has 0 spiro atoms. The number of Topliss-reactive ketones (excluding diaryl/α,β-unsaturated/α-hetero) is 1. The molecule has 1 fully saturated rings. The van der Waals surface area contributed by atoms with Gasteiger partial charge in [0.15, 0.2) is 5.78 Å². The minimum absolute atomic E-state index is 0.0233. The first-order valence-electron chi connectivity index (χ1n) is 9.38. The normalized spacial score (nSPS) is 21.1. The number of hydrogen-bond acceptors (Lipinski definition) is 3. The molecule has 3 rings (SSSR count). The number of nitrogens with zero attached hydrogens (tertiary/aromatic N) is 1. The topological polar surface area (TPSA) is 57.6 Å². The van der Waals surface area contributed by atoms with Crippen molar-refractivity contribution >= 4 is 11.7 Å². The lowest BCUT2D eigenvalue weighted by Crippen LogP contribution is -2.69. The Balaban J connectivity index is 2.10. The predicted octanol–water partition coefficient (Wildman–Crippen LogP) is 3.60. The molecule has 0 bridgehead atoms. The van der Waals surface area contributed by atoms with Gasteiger partial charge in [0.2, 0.25) is 5.91 Å². The van der Waals surface area contributed by atoms with E-state index < -0.39 is 23.5 Å². The van der Waals surface area contributed by atoms with Gasteiger partial charge in [0.1, 0.15) is 6.04 Å². The fraction of sp³-hybridized carbons (Fsp3) is 0.391. The Kier molecular flexibility index (Phi) is 5.20. The summed E-state index contributed by atoms with van der Waals surface area (Å²) in [5.41, 5.74) is 1.30. The Morgan fingerprint density at radius 3 is 1.78 bits per heavy atom. The third-order valence-corrected chi connectivity index (χ3v) is 5.22. The first kappa shape index (κ1) is 19.3. The van der Waals surface area contributed by atoms with Crippen LogP contribution in [-0.4, -0.2) is 33.8 Å². The lowest BCUT2D eigenvalue weighted by molar-refractivity contribution is -0.175. The number of carbonyl (C=O) groups excluding carboxylic acids is 2. The molecule has 1 N–H and O–H groups in total. The maximum atomic E-state index is 13.2. The summed E-state index contributed by atoms with van der Waals surface area (Å²) >= 11 is 0. The molecule has 4 heteroatoms. The number of carbonyl (C=O) groups is 2. The van der Waals surface area contributed by atoms with Gasteiger partial charge in [0, 0.05) is 5.41 Å². The zero-order valence-corrected chi connectivity index (χ0v) is 16.3. The van der Waals surface area contributed by atoms with E-state index in [4.69, 9.17) is 0 Å². The maximum absolute atomic E-state index is 13.2. The van der Waals surface area contributed by atoms with Crippen molar-refractivity contribution in [2.45, 2.75) is 45.9 Å². The molecule has 1 saturated heterocycles. The quantitative estimate of drug-likeness (QED) is 0.824. The summed E-state index contributed by atoms with van der Waals surface area (Å²) in [6, 6.07) is 18.5. The Morgan fingerprint density at radius 2 is 1.41 bits per heavy atom. The first-order valence-corrected chi connectivity index (χ1v) is 9.38. The second kappa shape index (κ2) is 7.28. The van der Waals surface area contributed by atoms with Crippen LogP contribution in [0.5, 0.6) is 0 Å². The highest BCUT2D eigenvalue weighted by molar-refractivity contribution is 6.02. The predicted molar refractivity (Wildman–Crippen MR) is 105 cm³/mol. The fourth-order valence-electron chi connectivity index (χ4n) is 3.81. The summed E-state index contributed by atoms with van der Waals surface area (Å²) in [7, 11) is 0. The molecule has 2 aromatic rings. The third-order valence-electron chi connectivity index (χ3n) is 5.22. The van der Waals surface area contributed by atoms with Gasteiger partial charge in [-0.1, -0.05) is 81.4 Å². The Hall–Kier alpha value is -2.46. The number of likely N-dealkylation sites (tertiary alicyclic amines) is 1. The van der Waals surface area contributed by atoms with E-state index in [1.165, 1.54) is 0 Å². The van der Waals surface area contributed by atoms with Crippen LogP contribution >= 0.6 is 0 Å². The van der Waals surface area contributed by atoms with E-state index in [0.29, 0.717) is 0 Å². The van der Waals surface area contributed by atoms with E-state index in [2.05, 4.69) is 0 Å². The third kappa shape index (κ3) is 3.54. The molecule has 1 amide bonds. The van der Waals surface area contributed by atoms with Crippen molar-refractivity contribution < 1.29 is 14.7 Å². The zero-order chi connectivity index (χ0) is 19.8. The van der Waals surface area contributed by atoms with Crippen molar-refractivity contribution in [3.63, 3.8) is 0 Å². The van der Waals surface area contributed by atoms with Crippen LogP contribution in [0.1, 0.15) is 44.9 Å². The molecule has 0 aromatic heterocycles. The van der Waals surface area contributed by atoms with Crippen LogP contribution in [-0.2, 0) is 9.59 Å². The summed E-state index contributed by atoms with van der Waals surface area (Å²) in [4.78, 5) is 27.9. The van der Waals surface area contributed by atoms with Gasteiger partial charge in [-0.2, -0.15) is 0 Å². The van der Waals surface area contributed by atoms with E-state index in [0.717, 1.165) is 11.1 Å². The molecule has 3 atom stereocenters. The van der Waals surface area contributed by atoms with E-state index in [1.54, 1.807) is 11.8 Å². The Labute approximate surface area is 160 Å². The highest BCUT2D eigenvalue weighted by Gasteiger charge is 2.57. The number of ketones is 1. The average molecular weight is 365 g/mol. The number of amides is 1. The van der Waals surface area contributed by atoms with Crippen LogP contribution in [0.4, 0.5) is 0 Å². The molecule has 1 aliphatic heterocycles. The highest BCUT2D eigenvalue weighted by Crippen LogP contribution is 2.43. The smallest absolute Gasteiger partial charge is 0.232 e. The van der Waals surface area contributed by atoms with Crippen molar-refractivity contribution in [2.75, 3.05) is 0 Å². The van der Waals surface area contributed by atoms with Gasteiger partial charge in [0.05, 0.1) is 18.1 Å². The minimum atomic E-state index is -0.864. The molecule has 4 nitrogen and oxygen atoms in total. The van der Waals surface area contributed by atoms with Crippen molar-refractivity contribution in [1.82, 2.24) is 4.90 Å². The molecule has 0 aliphatic carbocycles. The molecular formula is C23H27NO3. The molecule has 1 heterocycles. The zero-order valence-electron chi connectivity index (χ0n) is 16.3. The second-order valence-electron chi connectivity index (χ2n) is 8.29. The number of β-lactam (4-membered cyclic amide) rings is 1. The number of benzene rings is 2. The number of aliphatic hydroxyl groups excluding tert-OH is 1. The van der Waals surface area contributed by atoms with Crippen molar-refractivity contribution in [3.05, 3.63) is 71.8 Å². The van der Waals surface area contributed by atoms with E-state index in [1.807, 2.05) is 81.4 Å².